The molecule has 2 N–H and O–H groups in total. The smallest absolute Gasteiger partial charge is 0.138 e. The van der Waals surface area contributed by atoms with Gasteiger partial charge in [-0.3, -0.25) is 0 Å². The molecule has 0 bridgehead atoms. The van der Waals surface area contributed by atoms with Crippen LogP contribution in [-0.4, -0.2) is 22.3 Å². The molecule has 3 nitrogen and oxygen atoms in total. The molecule has 13 heavy (non-hydrogen) atoms. The van der Waals surface area contributed by atoms with Gasteiger partial charge in [-0.15, -0.1) is 0 Å². The third-order valence-electron chi connectivity index (χ3n) is 1.59. The van der Waals surface area contributed by atoms with E-state index in [0.29, 0.717) is 0 Å². The van der Waals surface area contributed by atoms with Crippen molar-refractivity contribution in [2.24, 2.45) is 5.73 Å². The van der Waals surface area contributed by atoms with Crippen LogP contribution in [0.15, 0.2) is 12.4 Å². The van der Waals surface area contributed by atoms with Crippen LogP contribution in [0.4, 0.5) is 0 Å². The number of aromatic nitrogens is 2. The molecule has 0 aliphatic rings. The Morgan fingerprint density at radius 1 is 1.46 bits per heavy atom. The Labute approximate surface area is 83.2 Å². The van der Waals surface area contributed by atoms with E-state index in [1.807, 2.05) is 25.6 Å². The van der Waals surface area contributed by atoms with E-state index in [4.69, 9.17) is 5.73 Å². The molecule has 0 spiro atoms. The normalized spacial score (nSPS) is 12.8. The first-order chi connectivity index (χ1) is 6.22. The summed E-state index contributed by atoms with van der Waals surface area (Å²) >= 11 is 1.72. The van der Waals surface area contributed by atoms with Gasteiger partial charge in [0.05, 0.1) is 5.75 Å². The van der Waals surface area contributed by atoms with Crippen LogP contribution in [0, 0.1) is 0 Å². The lowest BCUT2D eigenvalue weighted by Crippen LogP contribution is -2.18. The van der Waals surface area contributed by atoms with Crippen molar-refractivity contribution in [1.82, 2.24) is 9.97 Å². The van der Waals surface area contributed by atoms with E-state index in [2.05, 4.69) is 9.97 Å². The van der Waals surface area contributed by atoms with E-state index in [1.54, 1.807) is 11.8 Å². The van der Waals surface area contributed by atoms with Crippen molar-refractivity contribution in [2.75, 3.05) is 6.26 Å². The van der Waals surface area contributed by atoms with Gasteiger partial charge in [0, 0.05) is 18.4 Å². The summed E-state index contributed by atoms with van der Waals surface area (Å²) in [5, 5.41) is 0. The lowest BCUT2D eigenvalue weighted by atomic mass is 10.1. The summed E-state index contributed by atoms with van der Waals surface area (Å²) in [5.41, 5.74) is 6.77. The lowest BCUT2D eigenvalue weighted by molar-refractivity contribution is 0.730. The van der Waals surface area contributed by atoms with E-state index in [0.717, 1.165) is 23.6 Å². The summed E-state index contributed by atoms with van der Waals surface area (Å²) in [6.45, 7) is 1.98. The van der Waals surface area contributed by atoms with Crippen molar-refractivity contribution < 1.29 is 0 Å². The van der Waals surface area contributed by atoms with Gasteiger partial charge in [0.15, 0.2) is 0 Å². The molecule has 0 radical (unpaired) electrons. The Bertz CT molecular complexity index is 246. The van der Waals surface area contributed by atoms with Crippen LogP contribution in [0.3, 0.4) is 0 Å². The number of nitrogens with two attached hydrogens (primary N) is 1. The van der Waals surface area contributed by atoms with E-state index in [-0.39, 0.29) is 6.04 Å². The first-order valence-electron chi connectivity index (χ1n) is 4.26. The van der Waals surface area contributed by atoms with Crippen LogP contribution in [0.1, 0.15) is 18.3 Å². The number of hydrogen-bond acceptors (Lipinski definition) is 4. The summed E-state index contributed by atoms with van der Waals surface area (Å²) in [6, 6.07) is 0.176. The number of hydrogen-bond donors (Lipinski definition) is 1. The maximum atomic E-state index is 5.66. The third kappa shape index (κ3) is 3.74. The lowest BCUT2D eigenvalue weighted by Gasteiger charge is -2.04. The van der Waals surface area contributed by atoms with Crippen molar-refractivity contribution >= 4 is 11.8 Å². The molecule has 1 aromatic rings. The molecule has 72 valence electrons. The molecule has 1 atom stereocenters. The molecule has 0 saturated carbocycles. The highest BCUT2D eigenvalue weighted by molar-refractivity contribution is 7.97. The van der Waals surface area contributed by atoms with Gasteiger partial charge in [0.2, 0.25) is 0 Å². The Kier molecular flexibility index (Phi) is 4.18. The third-order valence-corrected chi connectivity index (χ3v) is 2.14. The van der Waals surface area contributed by atoms with Crippen molar-refractivity contribution in [3.63, 3.8) is 0 Å². The van der Waals surface area contributed by atoms with E-state index >= 15 is 0 Å². The summed E-state index contributed by atoms with van der Waals surface area (Å²) < 4.78 is 0. The molecule has 1 rings (SSSR count). The minimum atomic E-state index is 0.176. The minimum Gasteiger partial charge on any atom is -0.328 e. The second-order valence-electron chi connectivity index (χ2n) is 3.12. The highest BCUT2D eigenvalue weighted by Crippen LogP contribution is 2.04. The van der Waals surface area contributed by atoms with Crippen LogP contribution < -0.4 is 5.73 Å². The maximum absolute atomic E-state index is 5.66. The van der Waals surface area contributed by atoms with Gasteiger partial charge < -0.3 is 5.73 Å². The van der Waals surface area contributed by atoms with Crippen molar-refractivity contribution in [1.29, 1.82) is 0 Å². The molecule has 0 saturated heterocycles. The van der Waals surface area contributed by atoms with Gasteiger partial charge >= 0.3 is 0 Å². The average molecular weight is 197 g/mol. The zero-order valence-corrected chi connectivity index (χ0v) is 8.84. The molecule has 0 aromatic carbocycles. The van der Waals surface area contributed by atoms with Crippen LogP contribution in [0.2, 0.25) is 0 Å². The van der Waals surface area contributed by atoms with Crippen LogP contribution >= 0.6 is 11.8 Å². The molecule has 4 heteroatoms. The SMILES string of the molecule is CSCc1ncc(CC(C)N)cn1. The number of rotatable bonds is 4. The van der Waals surface area contributed by atoms with E-state index in [1.165, 1.54) is 0 Å². The Balaban J connectivity index is 2.59. The Morgan fingerprint density at radius 3 is 2.54 bits per heavy atom. The Morgan fingerprint density at radius 2 is 2.08 bits per heavy atom. The van der Waals surface area contributed by atoms with Gasteiger partial charge in [0.1, 0.15) is 5.82 Å². The highest BCUT2D eigenvalue weighted by atomic mass is 32.2. The predicted molar refractivity (Wildman–Crippen MR) is 56.6 cm³/mol. The fraction of sp³-hybridized carbons (Fsp3) is 0.556. The zero-order valence-electron chi connectivity index (χ0n) is 8.03. The summed E-state index contributed by atoms with van der Waals surface area (Å²) in [7, 11) is 0. The van der Waals surface area contributed by atoms with Crippen molar-refractivity contribution in [3.05, 3.63) is 23.8 Å². The van der Waals surface area contributed by atoms with Crippen LogP contribution in [0.25, 0.3) is 0 Å². The molecule has 0 amide bonds. The first kappa shape index (κ1) is 10.5. The summed E-state index contributed by atoms with van der Waals surface area (Å²) in [6.07, 6.45) is 6.61. The van der Waals surface area contributed by atoms with Crippen LogP contribution in [0.5, 0.6) is 0 Å². The van der Waals surface area contributed by atoms with E-state index < -0.39 is 0 Å². The Hall–Kier alpha value is -0.610. The van der Waals surface area contributed by atoms with Gasteiger partial charge in [-0.1, -0.05) is 0 Å². The predicted octanol–water partition coefficient (Wildman–Crippen LogP) is 1.23. The van der Waals surface area contributed by atoms with Crippen molar-refractivity contribution in [2.45, 2.75) is 25.1 Å². The quantitative estimate of drug-likeness (QED) is 0.788. The molecule has 0 aliphatic carbocycles. The van der Waals surface area contributed by atoms with Gasteiger partial charge in [-0.2, -0.15) is 11.8 Å². The maximum Gasteiger partial charge on any atom is 0.138 e. The second kappa shape index (κ2) is 5.19. The van der Waals surface area contributed by atoms with Crippen LogP contribution in [-0.2, 0) is 12.2 Å². The largest absolute Gasteiger partial charge is 0.328 e. The minimum absolute atomic E-state index is 0.176. The number of nitrogens with zero attached hydrogens (tertiary/aromatic N) is 2. The van der Waals surface area contributed by atoms with Crippen molar-refractivity contribution in [3.8, 4) is 0 Å². The topological polar surface area (TPSA) is 51.8 Å². The fourth-order valence-electron chi connectivity index (χ4n) is 1.06. The molecule has 1 heterocycles. The number of thioether (sulfide) groups is 1. The van der Waals surface area contributed by atoms with Gasteiger partial charge in [-0.05, 0) is 25.2 Å². The fourth-order valence-corrected chi connectivity index (χ4v) is 1.47. The molecule has 1 unspecified atom stereocenters. The van der Waals surface area contributed by atoms with E-state index in [9.17, 15) is 0 Å². The molecule has 0 aliphatic heterocycles. The standard InChI is InChI=1S/C9H15N3S/c1-7(10)3-8-4-11-9(6-13-2)12-5-8/h4-5,7H,3,6,10H2,1-2H3. The summed E-state index contributed by atoms with van der Waals surface area (Å²) in [4.78, 5) is 8.47. The molecule has 0 fully saturated rings. The molecule has 1 aromatic heterocycles. The average Bonchev–Trinajstić information content (AvgIpc) is 2.08. The molecular weight excluding hydrogens is 182 g/mol. The second-order valence-corrected chi connectivity index (χ2v) is 3.99. The zero-order chi connectivity index (χ0) is 9.68. The van der Waals surface area contributed by atoms with Gasteiger partial charge in [-0.25, -0.2) is 9.97 Å². The monoisotopic (exact) mass is 197 g/mol. The highest BCUT2D eigenvalue weighted by Gasteiger charge is 1.99. The first-order valence-corrected chi connectivity index (χ1v) is 5.66. The summed E-state index contributed by atoms with van der Waals surface area (Å²) in [5.74, 6) is 1.76. The molecular formula is C9H15N3S. The van der Waals surface area contributed by atoms with Gasteiger partial charge in [0.25, 0.3) is 0 Å².